The van der Waals surface area contributed by atoms with Crippen molar-refractivity contribution in [2.45, 2.75) is 31.5 Å². The molecule has 0 aliphatic rings. The summed E-state index contributed by atoms with van der Waals surface area (Å²) in [5.41, 5.74) is 6.44. The number of amides is 1. The molecule has 0 bridgehead atoms. The third kappa shape index (κ3) is 5.53. The number of nitrogen functional groups attached to an aromatic ring is 1. The molecule has 1 aromatic heterocycles. The molecule has 0 saturated heterocycles. The van der Waals surface area contributed by atoms with Crippen LogP contribution in [0.2, 0.25) is 0 Å². The first-order valence-electron chi connectivity index (χ1n) is 8.96. The van der Waals surface area contributed by atoms with Crippen LogP contribution in [-0.4, -0.2) is 53.2 Å². The summed E-state index contributed by atoms with van der Waals surface area (Å²) in [7, 11) is 3.05. The number of carbonyl (C=O) groups is 2. The fourth-order valence-corrected chi connectivity index (χ4v) is 3.40. The van der Waals surface area contributed by atoms with Crippen LogP contribution in [0.5, 0.6) is 11.5 Å². The summed E-state index contributed by atoms with van der Waals surface area (Å²) in [6.07, 6.45) is 0.430. The van der Waals surface area contributed by atoms with Crippen molar-refractivity contribution in [3.63, 3.8) is 0 Å². The van der Waals surface area contributed by atoms with Crippen LogP contribution in [0.4, 0.5) is 11.6 Å². The monoisotopic (exact) mass is 423 g/mol. The second-order valence-corrected chi connectivity index (χ2v) is 6.73. The minimum atomic E-state index is -0.679. The van der Waals surface area contributed by atoms with Gasteiger partial charge in [-0.3, -0.25) is 14.2 Å². The highest BCUT2D eigenvalue weighted by Gasteiger charge is 2.26. The highest BCUT2D eigenvalue weighted by Crippen LogP contribution is 2.31. The third-order valence-corrected chi connectivity index (χ3v) is 4.90. The van der Waals surface area contributed by atoms with Crippen molar-refractivity contribution < 1.29 is 23.8 Å². The molecule has 1 unspecified atom stereocenters. The highest BCUT2D eigenvalue weighted by molar-refractivity contribution is 7.99. The predicted molar refractivity (Wildman–Crippen MR) is 109 cm³/mol. The van der Waals surface area contributed by atoms with Crippen molar-refractivity contribution in [2.75, 3.05) is 37.6 Å². The summed E-state index contributed by atoms with van der Waals surface area (Å²) in [6.45, 7) is 3.86. The number of rotatable bonds is 10. The van der Waals surface area contributed by atoms with Gasteiger partial charge in [-0.05, 0) is 25.5 Å². The Hall–Kier alpha value is -2.95. The quantitative estimate of drug-likeness (QED) is 0.436. The number of nitrogens with zero attached hydrogens (tertiary/aromatic N) is 3. The number of nitrogens with one attached hydrogen (secondary N) is 1. The molecule has 1 heterocycles. The van der Waals surface area contributed by atoms with E-state index in [4.69, 9.17) is 19.9 Å². The molecule has 1 amide bonds. The van der Waals surface area contributed by atoms with Crippen molar-refractivity contribution in [1.82, 2.24) is 14.8 Å². The number of hydrogen-bond donors (Lipinski definition) is 2. The van der Waals surface area contributed by atoms with Crippen molar-refractivity contribution >= 4 is 35.3 Å². The molecule has 0 saturated carbocycles. The van der Waals surface area contributed by atoms with E-state index < -0.39 is 6.04 Å². The summed E-state index contributed by atoms with van der Waals surface area (Å²) < 4.78 is 16.9. The van der Waals surface area contributed by atoms with Crippen LogP contribution >= 0.6 is 11.8 Å². The molecule has 11 heteroatoms. The van der Waals surface area contributed by atoms with Gasteiger partial charge in [-0.25, -0.2) is 0 Å². The van der Waals surface area contributed by atoms with Crippen LogP contribution in [0.25, 0.3) is 0 Å². The van der Waals surface area contributed by atoms with Crippen LogP contribution in [0.3, 0.4) is 0 Å². The fourth-order valence-electron chi connectivity index (χ4n) is 2.61. The third-order valence-electron chi connectivity index (χ3n) is 3.98. The number of esters is 1. The number of nitrogens with two attached hydrogens (primary N) is 1. The van der Waals surface area contributed by atoms with Gasteiger partial charge in [0.05, 0.1) is 32.3 Å². The maximum atomic E-state index is 13.0. The Morgan fingerprint density at radius 3 is 2.62 bits per heavy atom. The van der Waals surface area contributed by atoms with Crippen LogP contribution in [0, 0.1) is 0 Å². The first-order chi connectivity index (χ1) is 13.9. The minimum Gasteiger partial charge on any atom is -0.497 e. The van der Waals surface area contributed by atoms with E-state index in [9.17, 15) is 9.59 Å². The number of ether oxygens (including phenoxy) is 3. The lowest BCUT2D eigenvalue weighted by Crippen LogP contribution is -2.27. The van der Waals surface area contributed by atoms with Gasteiger partial charge in [0.25, 0.3) is 0 Å². The van der Waals surface area contributed by atoms with E-state index in [1.165, 1.54) is 11.7 Å². The van der Waals surface area contributed by atoms with Crippen molar-refractivity contribution in [3.05, 3.63) is 18.2 Å². The zero-order valence-corrected chi connectivity index (χ0v) is 17.6. The summed E-state index contributed by atoms with van der Waals surface area (Å²) >= 11 is 1.11. The topological polar surface area (TPSA) is 131 Å². The molecule has 2 rings (SSSR count). The first kappa shape index (κ1) is 22.3. The zero-order valence-electron chi connectivity index (χ0n) is 16.8. The average Bonchev–Trinajstić information content (AvgIpc) is 3.08. The highest BCUT2D eigenvalue weighted by atomic mass is 32.2. The Balaban J connectivity index is 2.22. The molecule has 3 N–H and O–H groups in total. The van der Waals surface area contributed by atoms with Crippen LogP contribution in [0.15, 0.2) is 23.4 Å². The van der Waals surface area contributed by atoms with Gasteiger partial charge in [-0.2, -0.15) is 0 Å². The Bertz CT molecular complexity index is 857. The van der Waals surface area contributed by atoms with E-state index in [0.29, 0.717) is 28.8 Å². The van der Waals surface area contributed by atoms with Gasteiger partial charge in [-0.15, -0.1) is 10.2 Å². The summed E-state index contributed by atoms with van der Waals surface area (Å²) in [5, 5.41) is 11.0. The second kappa shape index (κ2) is 10.6. The Kier molecular flexibility index (Phi) is 8.13. The van der Waals surface area contributed by atoms with Crippen molar-refractivity contribution in [1.29, 1.82) is 0 Å². The Morgan fingerprint density at radius 2 is 2.00 bits per heavy atom. The smallest absolute Gasteiger partial charge is 0.316 e. The van der Waals surface area contributed by atoms with E-state index in [1.807, 2.05) is 6.92 Å². The zero-order chi connectivity index (χ0) is 21.4. The lowest BCUT2D eigenvalue weighted by atomic mass is 10.2. The molecule has 1 aromatic carbocycles. The van der Waals surface area contributed by atoms with Gasteiger partial charge in [0.1, 0.15) is 17.5 Å². The summed E-state index contributed by atoms with van der Waals surface area (Å²) in [5.74, 6) is 0.483. The van der Waals surface area contributed by atoms with Crippen LogP contribution in [0.1, 0.15) is 26.3 Å². The van der Waals surface area contributed by atoms with Crippen LogP contribution < -0.4 is 20.5 Å². The fraction of sp³-hybridized carbons (Fsp3) is 0.444. The Labute approximate surface area is 173 Å². The number of hydrogen-bond acceptors (Lipinski definition) is 9. The molecule has 0 radical (unpaired) electrons. The van der Waals surface area contributed by atoms with E-state index in [1.54, 1.807) is 32.2 Å². The molecule has 0 aliphatic carbocycles. The first-order valence-corrected chi connectivity index (χ1v) is 9.95. The molecule has 1 atom stereocenters. The molecule has 0 aliphatic heterocycles. The van der Waals surface area contributed by atoms with Gasteiger partial charge in [0.2, 0.25) is 11.9 Å². The predicted octanol–water partition coefficient (Wildman–Crippen LogP) is 2.12. The molecular weight excluding hydrogens is 398 g/mol. The molecule has 158 valence electrons. The molecule has 29 heavy (non-hydrogen) atoms. The number of aromatic nitrogens is 3. The SMILES string of the molecule is CCOC(=O)CSc1nnc(N)n1C(CC)C(=O)Nc1ccc(OC)cc1OC. The van der Waals surface area contributed by atoms with E-state index in [2.05, 4.69) is 15.5 Å². The van der Waals surface area contributed by atoms with Crippen LogP contribution in [-0.2, 0) is 14.3 Å². The summed E-state index contributed by atoms with van der Waals surface area (Å²) in [6, 6.07) is 4.40. The average molecular weight is 423 g/mol. The largest absolute Gasteiger partial charge is 0.497 e. The lowest BCUT2D eigenvalue weighted by Gasteiger charge is -2.20. The normalized spacial score (nSPS) is 11.6. The Morgan fingerprint density at radius 1 is 1.24 bits per heavy atom. The number of benzene rings is 1. The van der Waals surface area contributed by atoms with Gasteiger partial charge in [0, 0.05) is 6.07 Å². The maximum Gasteiger partial charge on any atom is 0.316 e. The van der Waals surface area contributed by atoms with E-state index in [0.717, 1.165) is 11.8 Å². The van der Waals surface area contributed by atoms with Gasteiger partial charge in [0.15, 0.2) is 5.16 Å². The van der Waals surface area contributed by atoms with Gasteiger partial charge >= 0.3 is 5.97 Å². The molecule has 10 nitrogen and oxygen atoms in total. The van der Waals surface area contributed by atoms with Crippen molar-refractivity contribution in [3.8, 4) is 11.5 Å². The van der Waals surface area contributed by atoms with Gasteiger partial charge < -0.3 is 25.3 Å². The number of thioether (sulfide) groups is 1. The lowest BCUT2D eigenvalue weighted by molar-refractivity contribution is -0.139. The van der Waals surface area contributed by atoms with Crippen molar-refractivity contribution in [2.24, 2.45) is 0 Å². The second-order valence-electron chi connectivity index (χ2n) is 5.78. The number of carbonyl (C=O) groups excluding carboxylic acids is 2. The minimum absolute atomic E-state index is 0.0380. The number of methoxy groups -OCH3 is 2. The summed E-state index contributed by atoms with van der Waals surface area (Å²) in [4.78, 5) is 24.6. The van der Waals surface area contributed by atoms with E-state index in [-0.39, 0.29) is 30.2 Å². The van der Waals surface area contributed by atoms with E-state index >= 15 is 0 Å². The van der Waals surface area contributed by atoms with Gasteiger partial charge in [-0.1, -0.05) is 18.7 Å². The molecule has 2 aromatic rings. The molecule has 0 fully saturated rings. The standard InChI is InChI=1S/C18H25N5O5S/c1-5-13(16(25)20-12-8-7-11(26-3)9-14(12)27-4)23-17(19)21-22-18(23)29-10-15(24)28-6-2/h7-9,13H,5-6,10H2,1-4H3,(H2,19,21)(H,20,25). The number of anilines is 2. The molecular formula is C18H25N5O5S. The maximum absolute atomic E-state index is 13.0. The molecule has 0 spiro atoms.